The van der Waals surface area contributed by atoms with Crippen LogP contribution in [0.3, 0.4) is 0 Å². The van der Waals surface area contributed by atoms with Crippen LogP contribution >= 0.6 is 11.8 Å². The van der Waals surface area contributed by atoms with Crippen molar-refractivity contribution in [2.24, 2.45) is 0 Å². The van der Waals surface area contributed by atoms with E-state index < -0.39 is 5.92 Å². The van der Waals surface area contributed by atoms with Crippen LogP contribution in [0.25, 0.3) is 0 Å². The molecule has 0 aliphatic carbocycles. The summed E-state index contributed by atoms with van der Waals surface area (Å²) in [6.45, 7) is 7.72. The number of hydrogen-bond acceptors (Lipinski definition) is 5. The summed E-state index contributed by atoms with van der Waals surface area (Å²) in [5, 5.41) is 20.0. The average Bonchev–Trinajstić information content (AvgIpc) is 2.90. The number of carbonyl (C=O) groups is 2. The first-order valence-electron chi connectivity index (χ1n) is 12.3. The minimum atomic E-state index is -0.573. The maximum atomic E-state index is 13.6. The van der Waals surface area contributed by atoms with Gasteiger partial charge in [-0.15, -0.1) is 0 Å². The first kappa shape index (κ1) is 26.8. The van der Waals surface area contributed by atoms with Gasteiger partial charge in [-0.1, -0.05) is 78.0 Å². The van der Waals surface area contributed by atoms with E-state index in [1.165, 1.54) is 11.8 Å². The molecule has 1 aliphatic rings. The molecule has 192 valence electrons. The molecule has 0 saturated heterocycles. The fourth-order valence-corrected chi connectivity index (χ4v) is 5.38. The predicted molar refractivity (Wildman–Crippen MR) is 154 cm³/mol. The highest BCUT2D eigenvalue weighted by molar-refractivity contribution is 8.03. The highest BCUT2D eigenvalue weighted by Crippen LogP contribution is 2.41. The normalized spacial score (nSPS) is 15.0. The molecular weight excluding hydrogens is 492 g/mol. The fourth-order valence-electron chi connectivity index (χ4n) is 4.49. The number of hydrogen-bond donors (Lipinski definition) is 3. The number of nitrogens with zero attached hydrogens (tertiary/aromatic N) is 1. The van der Waals surface area contributed by atoms with Crippen LogP contribution in [0.15, 0.2) is 94.7 Å². The van der Waals surface area contributed by atoms with Crippen molar-refractivity contribution in [2.45, 2.75) is 33.6 Å². The Hall–Kier alpha value is -4.28. The molecule has 0 saturated carbocycles. The van der Waals surface area contributed by atoms with Crippen LogP contribution in [-0.4, -0.2) is 17.6 Å². The van der Waals surface area contributed by atoms with Crippen LogP contribution in [0.5, 0.6) is 0 Å². The van der Waals surface area contributed by atoms with E-state index in [1.807, 2.05) is 100 Å². The number of anilines is 2. The second-order valence-electron chi connectivity index (χ2n) is 9.29. The Morgan fingerprint density at radius 3 is 2.26 bits per heavy atom. The van der Waals surface area contributed by atoms with E-state index in [0.717, 1.165) is 33.6 Å². The molecule has 0 radical (unpaired) electrons. The van der Waals surface area contributed by atoms with Crippen molar-refractivity contribution in [1.82, 2.24) is 5.32 Å². The Morgan fingerprint density at radius 2 is 1.58 bits per heavy atom. The first-order valence-corrected chi connectivity index (χ1v) is 13.3. The van der Waals surface area contributed by atoms with Crippen LogP contribution in [0, 0.1) is 32.1 Å². The molecule has 7 heteroatoms. The zero-order valence-electron chi connectivity index (χ0n) is 21.9. The molecule has 1 aliphatic heterocycles. The second kappa shape index (κ2) is 11.8. The summed E-state index contributed by atoms with van der Waals surface area (Å²) in [5.41, 5.74) is 6.89. The van der Waals surface area contributed by atoms with E-state index in [1.54, 1.807) is 0 Å². The molecule has 38 heavy (non-hydrogen) atoms. The first-order chi connectivity index (χ1) is 18.3. The zero-order chi connectivity index (χ0) is 27.2. The van der Waals surface area contributed by atoms with E-state index in [2.05, 4.69) is 22.0 Å². The number of rotatable bonds is 7. The summed E-state index contributed by atoms with van der Waals surface area (Å²) in [6.07, 6.45) is 0. The number of thioether (sulfide) groups is 1. The quantitative estimate of drug-likeness (QED) is 0.338. The van der Waals surface area contributed by atoms with Crippen LogP contribution in [0.2, 0.25) is 0 Å². The third kappa shape index (κ3) is 5.99. The van der Waals surface area contributed by atoms with Gasteiger partial charge in [0.15, 0.2) is 0 Å². The lowest BCUT2D eigenvalue weighted by molar-refractivity contribution is -0.114. The molecule has 4 rings (SSSR count). The average molecular weight is 523 g/mol. The SMILES string of the molecule is CC1=C(C(=O)Nc2ccccc2C)C(c2ccccc2)C(C#N)=C(SCC(=O)Nc2ccc(C)cc2C)N1. The monoisotopic (exact) mass is 522 g/mol. The summed E-state index contributed by atoms with van der Waals surface area (Å²) in [5.74, 6) is -0.908. The molecule has 1 heterocycles. The molecule has 3 aromatic carbocycles. The molecule has 0 bridgehead atoms. The van der Waals surface area contributed by atoms with E-state index in [4.69, 9.17) is 0 Å². The Labute approximate surface area is 227 Å². The molecule has 1 unspecified atom stereocenters. The Balaban J connectivity index is 1.61. The topological polar surface area (TPSA) is 94.0 Å². The van der Waals surface area contributed by atoms with Crippen molar-refractivity contribution in [3.8, 4) is 6.07 Å². The van der Waals surface area contributed by atoms with Crippen LogP contribution < -0.4 is 16.0 Å². The standard InChI is InChI=1S/C31H30N4O2S/c1-19-14-15-26(21(3)16-19)34-27(36)18-38-31-24(17-32)29(23-11-6-5-7-12-23)28(22(4)33-31)30(37)35-25-13-9-8-10-20(25)2/h5-16,29,33H,18H2,1-4H3,(H,34,36)(H,35,37). The molecule has 0 aromatic heterocycles. The minimum Gasteiger partial charge on any atom is -0.353 e. The summed E-state index contributed by atoms with van der Waals surface area (Å²) in [6, 6.07) is 25.3. The third-order valence-electron chi connectivity index (χ3n) is 6.42. The smallest absolute Gasteiger partial charge is 0.254 e. The van der Waals surface area contributed by atoms with Crippen molar-refractivity contribution in [1.29, 1.82) is 5.26 Å². The summed E-state index contributed by atoms with van der Waals surface area (Å²) in [7, 11) is 0. The molecule has 6 nitrogen and oxygen atoms in total. The van der Waals surface area contributed by atoms with Crippen molar-refractivity contribution in [2.75, 3.05) is 16.4 Å². The van der Waals surface area contributed by atoms with Crippen LogP contribution in [0.4, 0.5) is 11.4 Å². The highest BCUT2D eigenvalue weighted by Gasteiger charge is 2.35. The molecule has 1 atom stereocenters. The number of nitrogens with one attached hydrogen (secondary N) is 3. The largest absolute Gasteiger partial charge is 0.353 e. The molecule has 3 aromatic rings. The number of amides is 2. The van der Waals surface area contributed by atoms with Gasteiger partial charge in [0.05, 0.1) is 28.3 Å². The number of allylic oxidation sites excluding steroid dienone is 2. The lowest BCUT2D eigenvalue weighted by Gasteiger charge is -2.30. The van der Waals surface area contributed by atoms with Gasteiger partial charge in [0.25, 0.3) is 5.91 Å². The van der Waals surface area contributed by atoms with Crippen molar-refractivity contribution >= 4 is 35.0 Å². The Morgan fingerprint density at radius 1 is 0.895 bits per heavy atom. The zero-order valence-corrected chi connectivity index (χ0v) is 22.7. The van der Waals surface area contributed by atoms with Gasteiger partial charge in [-0.2, -0.15) is 5.26 Å². The van der Waals surface area contributed by atoms with Crippen LogP contribution in [-0.2, 0) is 9.59 Å². The number of dihydropyridines is 1. The van der Waals surface area contributed by atoms with Gasteiger partial charge in [-0.25, -0.2) is 0 Å². The molecule has 0 spiro atoms. The van der Waals surface area contributed by atoms with Crippen LogP contribution in [0.1, 0.15) is 35.1 Å². The third-order valence-corrected chi connectivity index (χ3v) is 7.44. The van der Waals surface area contributed by atoms with Gasteiger partial charge in [0.1, 0.15) is 0 Å². The number of benzene rings is 3. The fraction of sp³-hybridized carbons (Fsp3) is 0.194. The van der Waals surface area contributed by atoms with Crippen molar-refractivity contribution in [3.05, 3.63) is 117 Å². The maximum Gasteiger partial charge on any atom is 0.254 e. The van der Waals surface area contributed by atoms with Crippen molar-refractivity contribution < 1.29 is 9.59 Å². The molecular formula is C31H30N4O2S. The van der Waals surface area contributed by atoms with Gasteiger partial charge in [-0.05, 0) is 56.5 Å². The van der Waals surface area contributed by atoms with E-state index in [-0.39, 0.29) is 17.6 Å². The number of carbonyl (C=O) groups excluding carboxylic acids is 2. The Bertz CT molecular complexity index is 1490. The van der Waals surface area contributed by atoms with E-state index in [0.29, 0.717) is 21.9 Å². The molecule has 0 fully saturated rings. The van der Waals surface area contributed by atoms with Gasteiger partial charge < -0.3 is 16.0 Å². The minimum absolute atomic E-state index is 0.111. The number of para-hydroxylation sites is 1. The van der Waals surface area contributed by atoms with Gasteiger partial charge in [0.2, 0.25) is 5.91 Å². The summed E-state index contributed by atoms with van der Waals surface area (Å²) < 4.78 is 0. The Kier molecular flexibility index (Phi) is 8.35. The summed E-state index contributed by atoms with van der Waals surface area (Å²) >= 11 is 1.26. The molecule has 3 N–H and O–H groups in total. The lowest BCUT2D eigenvalue weighted by Crippen LogP contribution is -2.31. The predicted octanol–water partition coefficient (Wildman–Crippen LogP) is 6.32. The van der Waals surface area contributed by atoms with Gasteiger partial charge in [-0.3, -0.25) is 9.59 Å². The van der Waals surface area contributed by atoms with E-state index >= 15 is 0 Å². The molecule has 2 amide bonds. The van der Waals surface area contributed by atoms with E-state index in [9.17, 15) is 14.9 Å². The summed E-state index contributed by atoms with van der Waals surface area (Å²) in [4.78, 5) is 26.4. The lowest BCUT2D eigenvalue weighted by atomic mass is 9.82. The highest BCUT2D eigenvalue weighted by atomic mass is 32.2. The number of aryl methyl sites for hydroxylation is 3. The second-order valence-corrected chi connectivity index (χ2v) is 10.3. The van der Waals surface area contributed by atoms with Gasteiger partial charge >= 0.3 is 0 Å². The van der Waals surface area contributed by atoms with Gasteiger partial charge in [0, 0.05) is 22.6 Å². The number of nitriles is 1. The van der Waals surface area contributed by atoms with Crippen molar-refractivity contribution in [3.63, 3.8) is 0 Å². The maximum absolute atomic E-state index is 13.6.